The van der Waals surface area contributed by atoms with E-state index in [0.717, 1.165) is 13.1 Å². The van der Waals surface area contributed by atoms with Crippen molar-refractivity contribution < 1.29 is 9.90 Å². The fourth-order valence-electron chi connectivity index (χ4n) is 1.91. The summed E-state index contributed by atoms with van der Waals surface area (Å²) in [6.07, 6.45) is 3.93. The fourth-order valence-corrected chi connectivity index (χ4v) is 1.91. The number of carboxylic acid groups (broad SMARTS) is 1. The maximum atomic E-state index is 10.6. The van der Waals surface area contributed by atoms with Crippen molar-refractivity contribution in [2.24, 2.45) is 5.41 Å². The molecule has 15 heavy (non-hydrogen) atoms. The third-order valence-corrected chi connectivity index (χ3v) is 2.47. The van der Waals surface area contributed by atoms with Gasteiger partial charge in [-0.3, -0.25) is 4.79 Å². The van der Waals surface area contributed by atoms with E-state index in [4.69, 9.17) is 5.11 Å². The van der Waals surface area contributed by atoms with Crippen LogP contribution in [0, 0.1) is 5.41 Å². The lowest BCUT2D eigenvalue weighted by molar-refractivity contribution is -0.139. The molecule has 0 unspecified atom stereocenters. The molecule has 0 spiro atoms. The maximum absolute atomic E-state index is 10.6. The molecule has 0 amide bonds. The molecule has 0 aromatic heterocycles. The number of carbonyl (C=O) groups is 1. The van der Waals surface area contributed by atoms with Gasteiger partial charge >= 0.3 is 5.97 Å². The maximum Gasteiger partial charge on any atom is 0.303 e. The highest BCUT2D eigenvalue weighted by atomic mass is 16.4. The Morgan fingerprint density at radius 1 is 1.33 bits per heavy atom. The number of unbranched alkanes of at least 4 members (excludes halogenated alkanes) is 2. The van der Waals surface area contributed by atoms with E-state index in [2.05, 4.69) is 18.9 Å². The summed E-state index contributed by atoms with van der Waals surface area (Å²) in [5, 5.41) is 8.76. The summed E-state index contributed by atoms with van der Waals surface area (Å²) in [5.74, 6) is -0.707. The molecule has 0 heterocycles. The van der Waals surface area contributed by atoms with Gasteiger partial charge in [-0.2, -0.15) is 0 Å². The van der Waals surface area contributed by atoms with Crippen LogP contribution in [0.1, 0.15) is 46.5 Å². The van der Waals surface area contributed by atoms with Crippen LogP contribution in [0.5, 0.6) is 0 Å². The topological polar surface area (TPSA) is 40.5 Å². The first-order chi connectivity index (χ1) is 6.87. The molecule has 3 heteroatoms. The highest BCUT2D eigenvalue weighted by Crippen LogP contribution is 2.21. The summed E-state index contributed by atoms with van der Waals surface area (Å²) in [6, 6.07) is 0. The Kier molecular flexibility index (Phi) is 6.57. The fraction of sp³-hybridized carbons (Fsp3) is 0.917. The molecule has 0 saturated carbocycles. The van der Waals surface area contributed by atoms with Gasteiger partial charge in [0.05, 0.1) is 6.42 Å². The predicted molar refractivity (Wildman–Crippen MR) is 63.1 cm³/mol. The molecule has 0 radical (unpaired) electrons. The molecule has 1 N–H and O–H groups in total. The molecule has 0 saturated heterocycles. The van der Waals surface area contributed by atoms with Crippen LogP contribution in [-0.2, 0) is 4.79 Å². The van der Waals surface area contributed by atoms with Crippen molar-refractivity contribution in [2.75, 3.05) is 20.1 Å². The summed E-state index contributed by atoms with van der Waals surface area (Å²) < 4.78 is 0. The highest BCUT2D eigenvalue weighted by Gasteiger charge is 2.23. The molecule has 0 bridgehead atoms. The van der Waals surface area contributed by atoms with E-state index in [0.29, 0.717) is 0 Å². The van der Waals surface area contributed by atoms with E-state index in [1.807, 2.05) is 13.8 Å². The van der Waals surface area contributed by atoms with Crippen LogP contribution in [0.2, 0.25) is 0 Å². The van der Waals surface area contributed by atoms with Crippen LogP contribution in [-0.4, -0.2) is 36.1 Å². The molecule has 90 valence electrons. The lowest BCUT2D eigenvalue weighted by Gasteiger charge is -2.28. The molecule has 3 nitrogen and oxygen atoms in total. The van der Waals surface area contributed by atoms with Gasteiger partial charge in [-0.05, 0) is 25.4 Å². The molecule has 0 aliphatic heterocycles. The smallest absolute Gasteiger partial charge is 0.303 e. The van der Waals surface area contributed by atoms with Crippen molar-refractivity contribution in [3.63, 3.8) is 0 Å². The minimum atomic E-state index is -0.707. The van der Waals surface area contributed by atoms with Crippen molar-refractivity contribution in [2.45, 2.75) is 46.5 Å². The Balaban J connectivity index is 3.82. The summed E-state index contributed by atoms with van der Waals surface area (Å²) in [4.78, 5) is 12.9. The zero-order valence-corrected chi connectivity index (χ0v) is 10.5. The Hall–Kier alpha value is -0.570. The lowest BCUT2D eigenvalue weighted by atomic mass is 9.89. The van der Waals surface area contributed by atoms with E-state index in [1.165, 1.54) is 19.3 Å². The second-order valence-corrected chi connectivity index (χ2v) is 5.18. The van der Waals surface area contributed by atoms with Crippen molar-refractivity contribution in [1.82, 2.24) is 4.90 Å². The van der Waals surface area contributed by atoms with Gasteiger partial charge in [-0.25, -0.2) is 0 Å². The Bertz CT molecular complexity index is 190. The first-order valence-electron chi connectivity index (χ1n) is 5.78. The van der Waals surface area contributed by atoms with Crippen LogP contribution in [0.4, 0.5) is 0 Å². The number of nitrogens with zero attached hydrogens (tertiary/aromatic N) is 1. The summed E-state index contributed by atoms with van der Waals surface area (Å²) in [5.41, 5.74) is -0.132. The van der Waals surface area contributed by atoms with Crippen LogP contribution < -0.4 is 0 Å². The van der Waals surface area contributed by atoms with Gasteiger partial charge in [0.25, 0.3) is 0 Å². The van der Waals surface area contributed by atoms with Gasteiger partial charge in [0.2, 0.25) is 0 Å². The average molecular weight is 215 g/mol. The average Bonchev–Trinajstić information content (AvgIpc) is 2.00. The van der Waals surface area contributed by atoms with E-state index in [9.17, 15) is 4.79 Å². The summed E-state index contributed by atoms with van der Waals surface area (Å²) in [7, 11) is 2.07. The van der Waals surface area contributed by atoms with E-state index >= 15 is 0 Å². The summed E-state index contributed by atoms with van der Waals surface area (Å²) in [6.45, 7) is 8.13. The van der Waals surface area contributed by atoms with Gasteiger partial charge in [-0.1, -0.05) is 33.6 Å². The van der Waals surface area contributed by atoms with E-state index in [-0.39, 0.29) is 11.8 Å². The first-order valence-corrected chi connectivity index (χ1v) is 5.78. The van der Waals surface area contributed by atoms with Crippen LogP contribution in [0.15, 0.2) is 0 Å². The highest BCUT2D eigenvalue weighted by molar-refractivity contribution is 5.67. The van der Waals surface area contributed by atoms with Gasteiger partial charge in [0, 0.05) is 6.54 Å². The quantitative estimate of drug-likeness (QED) is 0.633. The van der Waals surface area contributed by atoms with Crippen molar-refractivity contribution in [1.29, 1.82) is 0 Å². The van der Waals surface area contributed by atoms with Crippen molar-refractivity contribution in [3.05, 3.63) is 0 Å². The molecular formula is C12H25NO2. The largest absolute Gasteiger partial charge is 0.481 e. The first kappa shape index (κ1) is 14.4. The minimum absolute atomic E-state index is 0.132. The second-order valence-electron chi connectivity index (χ2n) is 5.18. The molecule has 0 fully saturated rings. The van der Waals surface area contributed by atoms with Crippen LogP contribution in [0.25, 0.3) is 0 Å². The number of carboxylic acids is 1. The molecule has 0 aromatic rings. The number of aliphatic carboxylic acids is 1. The van der Waals surface area contributed by atoms with Gasteiger partial charge in [-0.15, -0.1) is 0 Å². The van der Waals surface area contributed by atoms with Crippen molar-refractivity contribution >= 4 is 5.97 Å². The molecule has 0 aliphatic rings. The standard InChI is InChI=1S/C12H25NO2/c1-5-6-7-8-13(4)10-12(2,3)9-11(14)15/h5-10H2,1-4H3,(H,14,15). The molecule has 0 aromatic carbocycles. The molecule has 0 atom stereocenters. The normalized spacial score (nSPS) is 12.1. The Morgan fingerprint density at radius 2 is 1.93 bits per heavy atom. The summed E-state index contributed by atoms with van der Waals surface area (Å²) >= 11 is 0. The van der Waals surface area contributed by atoms with Crippen molar-refractivity contribution in [3.8, 4) is 0 Å². The van der Waals surface area contributed by atoms with E-state index in [1.54, 1.807) is 0 Å². The van der Waals surface area contributed by atoms with Gasteiger partial charge in [0.15, 0.2) is 0 Å². The number of hydrogen-bond acceptors (Lipinski definition) is 2. The monoisotopic (exact) mass is 215 g/mol. The van der Waals surface area contributed by atoms with Gasteiger partial charge < -0.3 is 10.0 Å². The Morgan fingerprint density at radius 3 is 2.40 bits per heavy atom. The zero-order chi connectivity index (χ0) is 11.9. The molecular weight excluding hydrogens is 190 g/mol. The predicted octanol–water partition coefficient (Wildman–Crippen LogP) is 2.61. The SMILES string of the molecule is CCCCCN(C)CC(C)(C)CC(=O)O. The molecule has 0 aliphatic carbocycles. The number of rotatable bonds is 8. The zero-order valence-electron chi connectivity index (χ0n) is 10.5. The third kappa shape index (κ3) is 8.43. The van der Waals surface area contributed by atoms with Gasteiger partial charge in [0.1, 0.15) is 0 Å². The second kappa shape index (κ2) is 6.83. The Labute approximate surface area is 93.5 Å². The lowest BCUT2D eigenvalue weighted by Crippen LogP contribution is -2.33. The van der Waals surface area contributed by atoms with E-state index < -0.39 is 5.97 Å². The minimum Gasteiger partial charge on any atom is -0.481 e. The van der Waals surface area contributed by atoms with Crippen LogP contribution >= 0.6 is 0 Å². The third-order valence-electron chi connectivity index (χ3n) is 2.47. The van der Waals surface area contributed by atoms with Crippen LogP contribution in [0.3, 0.4) is 0 Å². The molecule has 0 rings (SSSR count). The number of hydrogen-bond donors (Lipinski definition) is 1.